The molecule has 0 heterocycles. The summed E-state index contributed by atoms with van der Waals surface area (Å²) in [5.41, 5.74) is 7.25. The van der Waals surface area contributed by atoms with Crippen molar-refractivity contribution in [3.8, 4) is 0 Å². The van der Waals surface area contributed by atoms with E-state index in [9.17, 15) is 4.39 Å². The van der Waals surface area contributed by atoms with E-state index in [-0.39, 0.29) is 5.82 Å². The maximum Gasteiger partial charge on any atom is 0.146 e. The largest absolute Gasteiger partial charge is 0.397 e. The third-order valence-electron chi connectivity index (χ3n) is 2.16. The number of hydrogen-bond donors (Lipinski definition) is 2. The van der Waals surface area contributed by atoms with Crippen LogP contribution in [0.4, 0.5) is 21.5 Å². The van der Waals surface area contributed by atoms with Crippen LogP contribution in [0.2, 0.25) is 5.02 Å². The number of anilines is 3. The van der Waals surface area contributed by atoms with Gasteiger partial charge in [-0.1, -0.05) is 23.7 Å². The summed E-state index contributed by atoms with van der Waals surface area (Å²) in [6.45, 7) is 0. The van der Waals surface area contributed by atoms with E-state index in [1.807, 2.05) is 0 Å². The number of nitrogen functional groups attached to an aromatic ring is 1. The molecule has 2 nitrogen and oxygen atoms in total. The van der Waals surface area contributed by atoms with Gasteiger partial charge in [-0.2, -0.15) is 0 Å². The van der Waals surface area contributed by atoms with Gasteiger partial charge < -0.3 is 11.1 Å². The number of nitrogens with two attached hydrogens (primary N) is 1. The smallest absolute Gasteiger partial charge is 0.146 e. The van der Waals surface area contributed by atoms with Gasteiger partial charge in [0.1, 0.15) is 5.82 Å². The summed E-state index contributed by atoms with van der Waals surface area (Å²) >= 11 is 5.77. The average Bonchev–Trinajstić information content (AvgIpc) is 2.25. The van der Waals surface area contributed by atoms with E-state index in [2.05, 4.69) is 5.32 Å². The van der Waals surface area contributed by atoms with Gasteiger partial charge in [-0.15, -0.1) is 0 Å². The van der Waals surface area contributed by atoms with E-state index in [1.165, 1.54) is 6.07 Å². The third-order valence-corrected chi connectivity index (χ3v) is 2.39. The van der Waals surface area contributed by atoms with Gasteiger partial charge in [0.15, 0.2) is 0 Å². The van der Waals surface area contributed by atoms with Gasteiger partial charge in [0.2, 0.25) is 0 Å². The zero-order chi connectivity index (χ0) is 11.5. The average molecular weight is 237 g/mol. The Kier molecular flexibility index (Phi) is 2.97. The van der Waals surface area contributed by atoms with Gasteiger partial charge in [0, 0.05) is 5.02 Å². The van der Waals surface area contributed by atoms with Crippen LogP contribution in [-0.4, -0.2) is 0 Å². The monoisotopic (exact) mass is 236 g/mol. The summed E-state index contributed by atoms with van der Waals surface area (Å²) in [6, 6.07) is 11.4. The first kappa shape index (κ1) is 10.8. The molecule has 0 aliphatic heterocycles. The fraction of sp³-hybridized carbons (Fsp3) is 0. The maximum atomic E-state index is 13.4. The standard InChI is InChI=1S/C12H10ClFN2/c13-8-5-6-12(10(15)7-8)16-11-4-2-1-3-9(11)14/h1-7,16H,15H2. The van der Waals surface area contributed by atoms with Gasteiger partial charge in [-0.3, -0.25) is 0 Å². The van der Waals surface area contributed by atoms with Crippen LogP contribution >= 0.6 is 11.6 Å². The molecule has 0 fully saturated rings. The lowest BCUT2D eigenvalue weighted by molar-refractivity contribution is 0.632. The fourth-order valence-corrected chi connectivity index (χ4v) is 1.54. The summed E-state index contributed by atoms with van der Waals surface area (Å²) in [5, 5.41) is 3.46. The predicted molar refractivity (Wildman–Crippen MR) is 65.5 cm³/mol. The molecule has 0 aromatic heterocycles. The molecule has 4 heteroatoms. The van der Waals surface area contributed by atoms with Crippen molar-refractivity contribution in [2.24, 2.45) is 0 Å². The van der Waals surface area contributed by atoms with Crippen molar-refractivity contribution in [2.45, 2.75) is 0 Å². The molecule has 0 spiro atoms. The highest BCUT2D eigenvalue weighted by atomic mass is 35.5. The van der Waals surface area contributed by atoms with Crippen molar-refractivity contribution in [1.29, 1.82) is 0 Å². The Balaban J connectivity index is 2.31. The number of para-hydroxylation sites is 1. The van der Waals surface area contributed by atoms with Gasteiger partial charge in [0.25, 0.3) is 0 Å². The molecule has 0 saturated heterocycles. The van der Waals surface area contributed by atoms with Crippen LogP contribution in [0, 0.1) is 5.82 Å². The van der Waals surface area contributed by atoms with Crippen LogP contribution in [0.15, 0.2) is 42.5 Å². The Labute approximate surface area is 97.8 Å². The summed E-state index contributed by atoms with van der Waals surface area (Å²) in [6.07, 6.45) is 0. The van der Waals surface area contributed by atoms with Crippen LogP contribution in [-0.2, 0) is 0 Å². The van der Waals surface area contributed by atoms with E-state index in [0.29, 0.717) is 22.1 Å². The first-order valence-corrected chi connectivity index (χ1v) is 5.11. The highest BCUT2D eigenvalue weighted by Gasteiger charge is 2.03. The van der Waals surface area contributed by atoms with Crippen molar-refractivity contribution in [3.63, 3.8) is 0 Å². The van der Waals surface area contributed by atoms with Crippen LogP contribution in [0.3, 0.4) is 0 Å². The molecule has 0 bridgehead atoms. The van der Waals surface area contributed by atoms with Crippen LogP contribution in [0.25, 0.3) is 0 Å². The Morgan fingerprint density at radius 2 is 1.81 bits per heavy atom. The highest BCUT2D eigenvalue weighted by Crippen LogP contribution is 2.27. The fourth-order valence-electron chi connectivity index (χ4n) is 1.36. The van der Waals surface area contributed by atoms with Gasteiger partial charge >= 0.3 is 0 Å². The number of halogens is 2. The molecule has 0 radical (unpaired) electrons. The molecule has 0 aliphatic carbocycles. The lowest BCUT2D eigenvalue weighted by Gasteiger charge is -2.10. The van der Waals surface area contributed by atoms with Gasteiger partial charge in [-0.05, 0) is 30.3 Å². The maximum absolute atomic E-state index is 13.4. The molecular weight excluding hydrogens is 227 g/mol. The van der Waals surface area contributed by atoms with Gasteiger partial charge in [0.05, 0.1) is 17.1 Å². The molecule has 2 rings (SSSR count). The number of rotatable bonds is 2. The lowest BCUT2D eigenvalue weighted by Crippen LogP contribution is -1.97. The molecule has 0 unspecified atom stereocenters. The second-order valence-electron chi connectivity index (χ2n) is 3.34. The van der Waals surface area contributed by atoms with Crippen molar-refractivity contribution in [1.82, 2.24) is 0 Å². The highest BCUT2D eigenvalue weighted by molar-refractivity contribution is 6.31. The summed E-state index contributed by atoms with van der Waals surface area (Å²) < 4.78 is 13.4. The lowest BCUT2D eigenvalue weighted by atomic mass is 10.2. The topological polar surface area (TPSA) is 38.0 Å². The second-order valence-corrected chi connectivity index (χ2v) is 3.77. The number of nitrogens with one attached hydrogen (secondary N) is 1. The minimum Gasteiger partial charge on any atom is -0.397 e. The Bertz CT molecular complexity index is 514. The first-order valence-electron chi connectivity index (χ1n) is 4.73. The molecule has 0 aliphatic rings. The van der Waals surface area contributed by atoms with Crippen molar-refractivity contribution < 1.29 is 4.39 Å². The third kappa shape index (κ3) is 2.25. The minimum absolute atomic E-state index is 0.322. The number of hydrogen-bond acceptors (Lipinski definition) is 2. The van der Waals surface area contributed by atoms with E-state index in [0.717, 1.165) is 0 Å². The Hall–Kier alpha value is -1.74. The summed E-state index contributed by atoms with van der Waals surface area (Å²) in [4.78, 5) is 0. The van der Waals surface area contributed by atoms with Gasteiger partial charge in [-0.25, -0.2) is 4.39 Å². The molecular formula is C12H10ClFN2. The molecule has 0 saturated carbocycles. The Morgan fingerprint density at radius 1 is 1.06 bits per heavy atom. The quantitative estimate of drug-likeness (QED) is 0.779. The van der Waals surface area contributed by atoms with Crippen molar-refractivity contribution >= 4 is 28.7 Å². The molecule has 2 aromatic carbocycles. The zero-order valence-electron chi connectivity index (χ0n) is 8.37. The normalized spacial score (nSPS) is 10.1. The van der Waals surface area contributed by atoms with Crippen molar-refractivity contribution in [3.05, 3.63) is 53.3 Å². The first-order chi connectivity index (χ1) is 7.66. The molecule has 3 N–H and O–H groups in total. The number of benzene rings is 2. The molecule has 0 amide bonds. The molecule has 0 atom stereocenters. The molecule has 82 valence electrons. The van der Waals surface area contributed by atoms with E-state index >= 15 is 0 Å². The molecule has 2 aromatic rings. The van der Waals surface area contributed by atoms with Crippen molar-refractivity contribution in [2.75, 3.05) is 11.1 Å². The van der Waals surface area contributed by atoms with Crippen LogP contribution in [0.1, 0.15) is 0 Å². The zero-order valence-corrected chi connectivity index (χ0v) is 9.13. The minimum atomic E-state index is -0.322. The Morgan fingerprint density at radius 3 is 2.50 bits per heavy atom. The SMILES string of the molecule is Nc1cc(Cl)ccc1Nc1ccccc1F. The van der Waals surface area contributed by atoms with E-state index < -0.39 is 0 Å². The van der Waals surface area contributed by atoms with Crippen LogP contribution in [0.5, 0.6) is 0 Å². The summed E-state index contributed by atoms with van der Waals surface area (Å²) in [5.74, 6) is -0.322. The van der Waals surface area contributed by atoms with E-state index in [4.69, 9.17) is 17.3 Å². The molecule has 16 heavy (non-hydrogen) atoms. The second kappa shape index (κ2) is 4.41. The summed E-state index contributed by atoms with van der Waals surface area (Å²) in [7, 11) is 0. The van der Waals surface area contributed by atoms with Crippen LogP contribution < -0.4 is 11.1 Å². The predicted octanol–water partition coefficient (Wildman–Crippen LogP) is 3.80. The van der Waals surface area contributed by atoms with E-state index in [1.54, 1.807) is 36.4 Å².